The number of rotatable bonds is 7. The number of carbonyl (C=O) groups excluding carboxylic acids is 1. The average molecular weight is 463 g/mol. The average Bonchev–Trinajstić information content (AvgIpc) is 3.28. The summed E-state index contributed by atoms with van der Waals surface area (Å²) >= 11 is 0. The molecule has 3 aliphatic carbocycles. The van der Waals surface area contributed by atoms with Gasteiger partial charge in [-0.15, -0.1) is 0 Å². The zero-order valence-electron chi connectivity index (χ0n) is 20.5. The highest BCUT2D eigenvalue weighted by Gasteiger charge is 2.70. The molecule has 1 amide bonds. The van der Waals surface area contributed by atoms with Gasteiger partial charge in [-0.3, -0.25) is 4.79 Å². The number of hydrogen-bond acceptors (Lipinski definition) is 4. The maximum Gasteiger partial charge on any atom is 0.234 e. The molecular formula is C25H34N6OSi. The molecule has 3 aromatic heterocycles. The van der Waals surface area contributed by atoms with Gasteiger partial charge in [-0.2, -0.15) is 5.26 Å². The molecule has 8 heteroatoms. The van der Waals surface area contributed by atoms with Crippen LogP contribution < -0.4 is 5.32 Å². The molecule has 33 heavy (non-hydrogen) atoms. The first-order chi connectivity index (χ1) is 15.6. The molecule has 0 unspecified atom stereocenters. The van der Waals surface area contributed by atoms with Crippen molar-refractivity contribution in [2.75, 3.05) is 0 Å². The van der Waals surface area contributed by atoms with Gasteiger partial charge in [0.1, 0.15) is 17.6 Å². The van der Waals surface area contributed by atoms with E-state index in [9.17, 15) is 4.79 Å². The Balaban J connectivity index is 1.58. The first kappa shape index (κ1) is 22.1. The number of pyridine rings is 1. The second kappa shape index (κ2) is 7.17. The van der Waals surface area contributed by atoms with E-state index in [-0.39, 0.29) is 23.4 Å². The maximum atomic E-state index is 12.0. The molecule has 0 aliphatic heterocycles. The van der Waals surface area contributed by atoms with Crippen LogP contribution in [0, 0.1) is 11.3 Å². The Hall–Kier alpha value is -2.66. The summed E-state index contributed by atoms with van der Waals surface area (Å²) in [6, 6.07) is 4.19. The molecule has 6 rings (SSSR count). The highest BCUT2D eigenvalue weighted by atomic mass is 28.3. The SMILES string of the molecule is CC(C)[Si](C(C)C)(C(C)C)n1ccc2c3c(cnc21)ncn3C12CC(NC(=O)CC#N)(C1)C2. The van der Waals surface area contributed by atoms with E-state index in [0.29, 0.717) is 16.6 Å². The largest absolute Gasteiger partial charge is 0.358 e. The van der Waals surface area contributed by atoms with Crippen LogP contribution in [-0.2, 0) is 10.3 Å². The normalized spacial score (nSPS) is 24.4. The molecule has 3 heterocycles. The van der Waals surface area contributed by atoms with Crippen LogP contribution in [0.25, 0.3) is 22.1 Å². The van der Waals surface area contributed by atoms with Crippen LogP contribution in [-0.4, -0.2) is 38.4 Å². The van der Waals surface area contributed by atoms with Crippen LogP contribution >= 0.6 is 0 Å². The fourth-order valence-corrected chi connectivity index (χ4v) is 14.2. The minimum absolute atomic E-state index is 0.00766. The van der Waals surface area contributed by atoms with Crippen molar-refractivity contribution in [2.45, 2.75) is 94.9 Å². The molecule has 3 aliphatic rings. The number of nitriles is 1. The molecular weight excluding hydrogens is 428 g/mol. The lowest BCUT2D eigenvalue weighted by Gasteiger charge is -2.70. The number of amides is 1. The molecule has 3 fully saturated rings. The quantitative estimate of drug-likeness (QED) is 0.496. The second-order valence-corrected chi connectivity index (χ2v) is 17.0. The number of hydrogen-bond donors (Lipinski definition) is 1. The Morgan fingerprint density at radius 2 is 1.79 bits per heavy atom. The van der Waals surface area contributed by atoms with Crippen molar-refractivity contribution >= 4 is 36.2 Å². The Morgan fingerprint density at radius 3 is 2.36 bits per heavy atom. The van der Waals surface area contributed by atoms with Crippen molar-refractivity contribution < 1.29 is 4.79 Å². The fraction of sp³-hybridized carbons (Fsp3) is 0.600. The minimum atomic E-state index is -1.92. The molecule has 0 aromatic carbocycles. The lowest BCUT2D eigenvalue weighted by Crippen LogP contribution is -2.78. The lowest BCUT2D eigenvalue weighted by atomic mass is 9.44. The predicted octanol–water partition coefficient (Wildman–Crippen LogP) is 5.07. The van der Waals surface area contributed by atoms with Gasteiger partial charge in [0.25, 0.3) is 0 Å². The molecule has 0 radical (unpaired) electrons. The third kappa shape index (κ3) is 2.81. The third-order valence-electron chi connectivity index (χ3n) is 8.57. The van der Waals surface area contributed by atoms with Crippen molar-refractivity contribution in [3.8, 4) is 6.07 Å². The van der Waals surface area contributed by atoms with Crippen LogP contribution in [0.5, 0.6) is 0 Å². The van der Waals surface area contributed by atoms with Gasteiger partial charge in [0.15, 0.2) is 8.24 Å². The van der Waals surface area contributed by atoms with Gasteiger partial charge in [0.05, 0.1) is 29.6 Å². The molecule has 0 spiro atoms. The van der Waals surface area contributed by atoms with Crippen molar-refractivity contribution in [1.29, 1.82) is 5.26 Å². The number of aromatic nitrogens is 4. The van der Waals surface area contributed by atoms with Gasteiger partial charge in [-0.05, 0) is 48.1 Å². The number of nitrogens with one attached hydrogen (secondary N) is 1. The molecule has 0 atom stereocenters. The first-order valence-electron chi connectivity index (χ1n) is 12.1. The van der Waals surface area contributed by atoms with Crippen molar-refractivity contribution in [3.63, 3.8) is 0 Å². The van der Waals surface area contributed by atoms with Gasteiger partial charge in [-0.1, -0.05) is 41.5 Å². The summed E-state index contributed by atoms with van der Waals surface area (Å²) in [5, 5.41) is 13.1. The summed E-state index contributed by atoms with van der Waals surface area (Å²) in [4.78, 5) is 21.6. The van der Waals surface area contributed by atoms with E-state index in [1.165, 1.54) is 5.39 Å². The van der Waals surface area contributed by atoms with Gasteiger partial charge < -0.3 is 14.1 Å². The molecule has 7 nitrogen and oxygen atoms in total. The molecule has 174 valence electrons. The van der Waals surface area contributed by atoms with Gasteiger partial charge in [0, 0.05) is 10.9 Å². The molecule has 1 N–H and O–H groups in total. The summed E-state index contributed by atoms with van der Waals surface area (Å²) in [5.74, 6) is -0.165. The zero-order valence-corrected chi connectivity index (χ0v) is 21.5. The Bertz CT molecular complexity index is 1250. The smallest absolute Gasteiger partial charge is 0.234 e. The first-order valence-corrected chi connectivity index (χ1v) is 14.3. The van der Waals surface area contributed by atoms with Crippen LogP contribution in [0.15, 0.2) is 24.8 Å². The van der Waals surface area contributed by atoms with Crippen LogP contribution in [0.3, 0.4) is 0 Å². The van der Waals surface area contributed by atoms with Crippen molar-refractivity contribution in [2.24, 2.45) is 0 Å². The van der Waals surface area contributed by atoms with Gasteiger partial charge in [0.2, 0.25) is 5.91 Å². The summed E-state index contributed by atoms with van der Waals surface area (Å²) in [7, 11) is -1.92. The number of nitrogens with zero attached hydrogens (tertiary/aromatic N) is 5. The standard InChI is InChI=1S/C25H34N6OSi/c1-16(2)33(17(3)4,18(5)6)31-10-8-19-22-20(11-27-23(19)31)28-15-30(22)25-12-24(13-25,14-25)29-21(32)7-9-26/h8,10-11,15-18H,7,12-14H2,1-6H3,(H,29,32). The second-order valence-electron chi connectivity index (χ2n) is 11.3. The van der Waals surface area contributed by atoms with Crippen LogP contribution in [0.4, 0.5) is 0 Å². The van der Waals surface area contributed by atoms with E-state index in [1.807, 2.05) is 18.6 Å². The Morgan fingerprint density at radius 1 is 1.15 bits per heavy atom. The molecule has 3 aromatic rings. The van der Waals surface area contributed by atoms with E-state index in [1.54, 1.807) is 0 Å². The predicted molar refractivity (Wildman–Crippen MR) is 132 cm³/mol. The third-order valence-corrected chi connectivity index (χ3v) is 15.3. The van der Waals surface area contributed by atoms with E-state index in [2.05, 4.69) is 67.9 Å². The van der Waals surface area contributed by atoms with E-state index in [4.69, 9.17) is 15.2 Å². The summed E-state index contributed by atoms with van der Waals surface area (Å²) < 4.78 is 4.91. The number of carbonyl (C=O) groups is 1. The highest BCUT2D eigenvalue weighted by Crippen LogP contribution is 2.66. The fourth-order valence-electron chi connectivity index (χ4n) is 7.63. The van der Waals surface area contributed by atoms with E-state index < -0.39 is 8.24 Å². The van der Waals surface area contributed by atoms with E-state index >= 15 is 0 Å². The zero-order chi connectivity index (χ0) is 23.8. The Labute approximate surface area is 196 Å². The molecule has 2 bridgehead atoms. The topological polar surface area (TPSA) is 88.5 Å². The summed E-state index contributed by atoms with van der Waals surface area (Å²) in [6.45, 7) is 14.3. The monoisotopic (exact) mass is 462 g/mol. The highest BCUT2D eigenvalue weighted by molar-refractivity contribution is 6.82. The van der Waals surface area contributed by atoms with Crippen molar-refractivity contribution in [3.05, 3.63) is 24.8 Å². The number of fused-ring (bicyclic) bond motifs is 3. The molecule has 0 saturated heterocycles. The van der Waals surface area contributed by atoms with Gasteiger partial charge >= 0.3 is 0 Å². The number of imidazole rings is 1. The summed E-state index contributed by atoms with van der Waals surface area (Å²) in [5.41, 5.74) is 4.80. The maximum absolute atomic E-state index is 12.0. The van der Waals surface area contributed by atoms with Crippen LogP contribution in [0.2, 0.25) is 16.6 Å². The molecule has 3 saturated carbocycles. The Kier molecular flexibility index (Phi) is 4.81. The van der Waals surface area contributed by atoms with Gasteiger partial charge in [-0.25, -0.2) is 9.97 Å². The van der Waals surface area contributed by atoms with Crippen molar-refractivity contribution in [1.82, 2.24) is 24.1 Å². The minimum Gasteiger partial charge on any atom is -0.358 e. The van der Waals surface area contributed by atoms with Crippen LogP contribution in [0.1, 0.15) is 67.2 Å². The summed E-state index contributed by atoms with van der Waals surface area (Å²) in [6.07, 6.45) is 8.80. The lowest BCUT2D eigenvalue weighted by molar-refractivity contribution is -0.153. The van der Waals surface area contributed by atoms with E-state index in [0.717, 1.165) is 35.9 Å².